The van der Waals surface area contributed by atoms with Crippen LogP contribution in [0, 0.1) is 0 Å². The van der Waals surface area contributed by atoms with E-state index < -0.39 is 0 Å². The average Bonchev–Trinajstić information content (AvgIpc) is 3.31. The van der Waals surface area contributed by atoms with Crippen LogP contribution in [0.15, 0.2) is 18.3 Å². The number of aromatic nitrogens is 4. The first-order valence-corrected chi connectivity index (χ1v) is 6.35. The number of methoxy groups -OCH3 is 2. The van der Waals surface area contributed by atoms with Gasteiger partial charge >= 0.3 is 6.01 Å². The Hall–Kier alpha value is -2.44. The lowest BCUT2D eigenvalue weighted by molar-refractivity contribution is 0.379. The van der Waals surface area contributed by atoms with Crippen molar-refractivity contribution in [1.29, 1.82) is 0 Å². The Morgan fingerprint density at radius 1 is 1.10 bits per heavy atom. The summed E-state index contributed by atoms with van der Waals surface area (Å²) in [4.78, 5) is 17.0. The van der Waals surface area contributed by atoms with Crippen molar-refractivity contribution < 1.29 is 9.47 Å². The van der Waals surface area contributed by atoms with Gasteiger partial charge in [-0.05, 0) is 18.9 Å². The molecule has 2 heterocycles. The molecule has 7 heteroatoms. The zero-order valence-electron chi connectivity index (χ0n) is 11.3. The highest BCUT2D eigenvalue weighted by molar-refractivity contribution is 5.55. The Bertz CT molecular complexity index is 598. The topological polar surface area (TPSA) is 82.0 Å². The Morgan fingerprint density at radius 2 is 1.95 bits per heavy atom. The molecule has 0 spiro atoms. The summed E-state index contributed by atoms with van der Waals surface area (Å²) in [6.45, 7) is 0. The first-order valence-electron chi connectivity index (χ1n) is 6.35. The Labute approximate surface area is 116 Å². The van der Waals surface area contributed by atoms with Crippen LogP contribution < -0.4 is 14.8 Å². The molecule has 1 aliphatic rings. The van der Waals surface area contributed by atoms with Crippen molar-refractivity contribution in [1.82, 2.24) is 19.9 Å². The van der Waals surface area contributed by atoms with Gasteiger partial charge in [0.05, 0.1) is 14.2 Å². The fourth-order valence-electron chi connectivity index (χ4n) is 1.68. The second-order valence-electron chi connectivity index (χ2n) is 4.48. The summed E-state index contributed by atoms with van der Waals surface area (Å²) < 4.78 is 10.1. The molecule has 3 rings (SSSR count). The van der Waals surface area contributed by atoms with E-state index in [-0.39, 0.29) is 6.01 Å². The minimum atomic E-state index is 0.286. The van der Waals surface area contributed by atoms with Crippen molar-refractivity contribution in [2.45, 2.75) is 18.9 Å². The number of anilines is 1. The molecule has 1 saturated carbocycles. The molecule has 104 valence electrons. The van der Waals surface area contributed by atoms with Crippen LogP contribution in [-0.2, 0) is 0 Å². The molecule has 0 radical (unpaired) electrons. The standard InChI is InChI=1S/C13H15N5O2/c1-19-10-6-3-8(7-14-10)11-16-12(15-9-4-5-9)18-13(17-11)20-2/h3,6-7,9H,4-5H2,1-2H3,(H,15,16,17,18). The van der Waals surface area contributed by atoms with Gasteiger partial charge in [0.15, 0.2) is 5.82 Å². The maximum atomic E-state index is 5.12. The molecule has 1 fully saturated rings. The molecule has 0 unspecified atom stereocenters. The highest BCUT2D eigenvalue weighted by atomic mass is 16.5. The maximum Gasteiger partial charge on any atom is 0.321 e. The molecule has 0 aliphatic heterocycles. The fourth-order valence-corrected chi connectivity index (χ4v) is 1.68. The predicted octanol–water partition coefficient (Wildman–Crippen LogP) is 1.53. The summed E-state index contributed by atoms with van der Waals surface area (Å²) in [6, 6.07) is 4.36. The zero-order valence-corrected chi connectivity index (χ0v) is 11.3. The molecule has 0 atom stereocenters. The van der Waals surface area contributed by atoms with Crippen LogP contribution in [0.2, 0.25) is 0 Å². The smallest absolute Gasteiger partial charge is 0.321 e. The molecular weight excluding hydrogens is 258 g/mol. The molecule has 2 aromatic heterocycles. The van der Waals surface area contributed by atoms with E-state index in [4.69, 9.17) is 9.47 Å². The predicted molar refractivity (Wildman–Crippen MR) is 72.8 cm³/mol. The van der Waals surface area contributed by atoms with Gasteiger partial charge in [-0.15, -0.1) is 0 Å². The quantitative estimate of drug-likeness (QED) is 0.884. The lowest BCUT2D eigenvalue weighted by Gasteiger charge is -2.07. The molecule has 0 amide bonds. The van der Waals surface area contributed by atoms with E-state index in [9.17, 15) is 0 Å². The summed E-state index contributed by atoms with van der Waals surface area (Å²) in [5.41, 5.74) is 0.783. The van der Waals surface area contributed by atoms with Gasteiger partial charge in [-0.1, -0.05) is 0 Å². The van der Waals surface area contributed by atoms with Gasteiger partial charge in [0, 0.05) is 23.9 Å². The van der Waals surface area contributed by atoms with E-state index in [1.807, 2.05) is 6.07 Å². The number of nitrogens with one attached hydrogen (secondary N) is 1. The van der Waals surface area contributed by atoms with Gasteiger partial charge in [-0.2, -0.15) is 15.0 Å². The van der Waals surface area contributed by atoms with Gasteiger partial charge in [0.1, 0.15) is 0 Å². The van der Waals surface area contributed by atoms with E-state index in [1.165, 1.54) is 7.11 Å². The van der Waals surface area contributed by atoms with Crippen LogP contribution in [0.25, 0.3) is 11.4 Å². The van der Waals surface area contributed by atoms with Crippen molar-refractivity contribution >= 4 is 5.95 Å². The number of ether oxygens (including phenoxy) is 2. The molecule has 2 aromatic rings. The van der Waals surface area contributed by atoms with Crippen molar-refractivity contribution in [3.05, 3.63) is 18.3 Å². The molecular formula is C13H15N5O2. The SMILES string of the molecule is COc1ccc(-c2nc(NC3CC3)nc(OC)n2)cn1. The van der Waals surface area contributed by atoms with E-state index in [2.05, 4.69) is 25.3 Å². The van der Waals surface area contributed by atoms with Crippen molar-refractivity contribution in [3.63, 3.8) is 0 Å². The zero-order chi connectivity index (χ0) is 13.9. The van der Waals surface area contributed by atoms with Gasteiger partial charge in [0.2, 0.25) is 11.8 Å². The van der Waals surface area contributed by atoms with E-state index in [1.54, 1.807) is 19.4 Å². The van der Waals surface area contributed by atoms with Crippen LogP contribution in [0.3, 0.4) is 0 Å². The summed E-state index contributed by atoms with van der Waals surface area (Å²) >= 11 is 0. The molecule has 1 aliphatic carbocycles. The Morgan fingerprint density at radius 3 is 2.55 bits per heavy atom. The molecule has 0 saturated heterocycles. The lowest BCUT2D eigenvalue weighted by Crippen LogP contribution is -2.08. The number of hydrogen-bond donors (Lipinski definition) is 1. The van der Waals surface area contributed by atoms with Crippen molar-refractivity contribution in [3.8, 4) is 23.3 Å². The van der Waals surface area contributed by atoms with Crippen LogP contribution in [0.4, 0.5) is 5.95 Å². The highest BCUT2D eigenvalue weighted by Gasteiger charge is 2.22. The van der Waals surface area contributed by atoms with Gasteiger partial charge in [-0.3, -0.25) is 0 Å². The maximum absolute atomic E-state index is 5.12. The molecule has 7 nitrogen and oxygen atoms in total. The average molecular weight is 273 g/mol. The van der Waals surface area contributed by atoms with Gasteiger partial charge in [-0.25, -0.2) is 4.98 Å². The second kappa shape index (κ2) is 5.28. The Balaban J connectivity index is 1.93. The van der Waals surface area contributed by atoms with Gasteiger partial charge < -0.3 is 14.8 Å². The molecule has 20 heavy (non-hydrogen) atoms. The molecule has 0 bridgehead atoms. The van der Waals surface area contributed by atoms with E-state index in [0.717, 1.165) is 18.4 Å². The number of hydrogen-bond acceptors (Lipinski definition) is 7. The summed E-state index contributed by atoms with van der Waals surface area (Å²) in [5.74, 6) is 1.60. The third kappa shape index (κ3) is 2.76. The molecule has 1 N–H and O–H groups in total. The van der Waals surface area contributed by atoms with Crippen molar-refractivity contribution in [2.75, 3.05) is 19.5 Å². The second-order valence-corrected chi connectivity index (χ2v) is 4.48. The minimum Gasteiger partial charge on any atom is -0.481 e. The van der Waals surface area contributed by atoms with Crippen LogP contribution in [0.5, 0.6) is 11.9 Å². The summed E-state index contributed by atoms with van der Waals surface area (Å²) in [7, 11) is 3.11. The van der Waals surface area contributed by atoms with E-state index in [0.29, 0.717) is 23.7 Å². The lowest BCUT2D eigenvalue weighted by atomic mass is 10.3. The van der Waals surface area contributed by atoms with Crippen LogP contribution >= 0.6 is 0 Å². The fraction of sp³-hybridized carbons (Fsp3) is 0.385. The number of pyridine rings is 1. The first-order chi connectivity index (χ1) is 9.78. The van der Waals surface area contributed by atoms with Crippen LogP contribution in [0.1, 0.15) is 12.8 Å². The largest absolute Gasteiger partial charge is 0.481 e. The van der Waals surface area contributed by atoms with Crippen LogP contribution in [-0.4, -0.2) is 40.2 Å². The summed E-state index contributed by atoms with van der Waals surface area (Å²) in [5, 5.41) is 3.24. The molecule has 0 aromatic carbocycles. The first kappa shape index (κ1) is 12.6. The van der Waals surface area contributed by atoms with E-state index >= 15 is 0 Å². The van der Waals surface area contributed by atoms with Crippen molar-refractivity contribution in [2.24, 2.45) is 0 Å². The third-order valence-electron chi connectivity index (χ3n) is 2.91. The normalized spacial score (nSPS) is 13.9. The van der Waals surface area contributed by atoms with Gasteiger partial charge in [0.25, 0.3) is 0 Å². The third-order valence-corrected chi connectivity index (χ3v) is 2.91. The number of rotatable bonds is 5. The Kier molecular flexibility index (Phi) is 3.32. The monoisotopic (exact) mass is 273 g/mol. The highest BCUT2D eigenvalue weighted by Crippen LogP contribution is 2.25. The number of nitrogens with zero attached hydrogens (tertiary/aromatic N) is 4. The summed E-state index contributed by atoms with van der Waals surface area (Å²) in [6.07, 6.45) is 3.95. The minimum absolute atomic E-state index is 0.286.